The number of nitriles is 1. The van der Waals surface area contributed by atoms with E-state index in [0.717, 1.165) is 40.8 Å². The molecule has 1 saturated heterocycles. The summed E-state index contributed by atoms with van der Waals surface area (Å²) in [6.45, 7) is 4.06. The van der Waals surface area contributed by atoms with Gasteiger partial charge in [-0.05, 0) is 36.2 Å². The number of hydrogen-bond acceptors (Lipinski definition) is 7. The summed E-state index contributed by atoms with van der Waals surface area (Å²) >= 11 is 1.02. The third-order valence-electron chi connectivity index (χ3n) is 6.80. The molecule has 1 aromatic carbocycles. The van der Waals surface area contributed by atoms with E-state index >= 15 is 0 Å². The average molecular weight is 515 g/mol. The van der Waals surface area contributed by atoms with Crippen molar-refractivity contribution < 1.29 is 18.3 Å². The molecular formula is C25H25F3N6OS. The smallest absolute Gasteiger partial charge is 0.393 e. The normalized spacial score (nSPS) is 21.2. The molecular weight excluding hydrogens is 489 g/mol. The number of alkyl halides is 3. The lowest BCUT2D eigenvalue weighted by Crippen LogP contribution is -2.54. The van der Waals surface area contributed by atoms with Crippen LogP contribution in [-0.2, 0) is 13.0 Å². The Bertz CT molecular complexity index is 1440. The number of halogens is 3. The Morgan fingerprint density at radius 2 is 2.14 bits per heavy atom. The van der Waals surface area contributed by atoms with E-state index in [-0.39, 0.29) is 17.5 Å². The summed E-state index contributed by atoms with van der Waals surface area (Å²) in [6, 6.07) is 11.4. The van der Waals surface area contributed by atoms with Crippen molar-refractivity contribution in [1.29, 1.82) is 5.26 Å². The highest BCUT2D eigenvalue weighted by molar-refractivity contribution is 7.18. The number of rotatable bonds is 6. The van der Waals surface area contributed by atoms with Crippen molar-refractivity contribution >= 4 is 38.3 Å². The molecule has 0 saturated carbocycles. The van der Waals surface area contributed by atoms with Crippen LogP contribution in [-0.4, -0.2) is 56.9 Å². The molecule has 1 aliphatic heterocycles. The van der Waals surface area contributed by atoms with E-state index in [9.17, 15) is 18.3 Å². The number of hydrogen-bond donors (Lipinski definition) is 3. The zero-order valence-corrected chi connectivity index (χ0v) is 20.4. The Morgan fingerprint density at radius 1 is 1.31 bits per heavy atom. The van der Waals surface area contributed by atoms with Crippen LogP contribution in [0, 0.1) is 16.7 Å². The molecule has 0 radical (unpaired) electrons. The number of nitrogens with zero attached hydrogens (tertiary/aromatic N) is 4. The fraction of sp³-hybridized carbons (Fsp3) is 0.400. The zero-order chi connectivity index (χ0) is 25.5. The van der Waals surface area contributed by atoms with Crippen molar-refractivity contribution in [2.45, 2.75) is 38.5 Å². The maximum Gasteiger partial charge on any atom is 0.393 e. The Labute approximate surface area is 209 Å². The van der Waals surface area contributed by atoms with Gasteiger partial charge in [-0.1, -0.05) is 13.0 Å². The van der Waals surface area contributed by atoms with Crippen molar-refractivity contribution in [2.24, 2.45) is 5.41 Å². The summed E-state index contributed by atoms with van der Waals surface area (Å²) < 4.78 is 38.7. The van der Waals surface area contributed by atoms with Crippen LogP contribution in [0.4, 0.5) is 19.0 Å². The first kappa shape index (κ1) is 24.5. The zero-order valence-electron chi connectivity index (χ0n) is 19.6. The van der Waals surface area contributed by atoms with Crippen LogP contribution >= 0.6 is 11.3 Å². The number of likely N-dealkylation sites (tertiary alicyclic amines) is 1. The van der Waals surface area contributed by atoms with Gasteiger partial charge in [0.15, 0.2) is 0 Å². The molecule has 3 N–H and O–H groups in total. The monoisotopic (exact) mass is 514 g/mol. The highest BCUT2D eigenvalue weighted by Gasteiger charge is 2.40. The Balaban J connectivity index is 1.31. The number of aromatic nitrogens is 3. The van der Waals surface area contributed by atoms with Crippen molar-refractivity contribution in [3.8, 4) is 6.07 Å². The van der Waals surface area contributed by atoms with Gasteiger partial charge in [-0.3, -0.25) is 4.90 Å². The van der Waals surface area contributed by atoms with Crippen molar-refractivity contribution in [3.63, 3.8) is 0 Å². The van der Waals surface area contributed by atoms with Gasteiger partial charge < -0.3 is 15.4 Å². The lowest BCUT2D eigenvalue weighted by atomic mass is 9.77. The highest BCUT2D eigenvalue weighted by atomic mass is 32.1. The summed E-state index contributed by atoms with van der Waals surface area (Å²) in [7, 11) is 0. The van der Waals surface area contributed by atoms with E-state index < -0.39 is 18.0 Å². The van der Waals surface area contributed by atoms with Crippen LogP contribution in [0.2, 0.25) is 0 Å². The van der Waals surface area contributed by atoms with Crippen LogP contribution in [0.5, 0.6) is 0 Å². The quantitative estimate of drug-likeness (QED) is 0.341. The molecule has 11 heteroatoms. The molecule has 0 unspecified atom stereocenters. The number of aliphatic hydroxyl groups excluding tert-OH is 1. The number of thiophene rings is 1. The van der Waals surface area contributed by atoms with Crippen molar-refractivity contribution in [3.05, 3.63) is 52.8 Å². The highest BCUT2D eigenvalue weighted by Crippen LogP contribution is 2.36. The molecule has 0 spiro atoms. The summed E-state index contributed by atoms with van der Waals surface area (Å²) in [5.41, 5.74) is 2.07. The van der Waals surface area contributed by atoms with E-state index in [4.69, 9.17) is 5.26 Å². The molecule has 4 aromatic rings. The first-order valence-electron chi connectivity index (χ1n) is 11.6. The number of nitrogens with one attached hydrogen (secondary N) is 2. The molecule has 0 aliphatic carbocycles. The van der Waals surface area contributed by atoms with Gasteiger partial charge in [0.1, 0.15) is 28.7 Å². The molecule has 2 atom stereocenters. The first-order chi connectivity index (χ1) is 17.2. The van der Waals surface area contributed by atoms with Gasteiger partial charge in [0, 0.05) is 46.9 Å². The average Bonchev–Trinajstić information content (AvgIpc) is 3.43. The second-order valence-corrected chi connectivity index (χ2v) is 10.8. The third-order valence-corrected chi connectivity index (χ3v) is 7.84. The summed E-state index contributed by atoms with van der Waals surface area (Å²) in [6.07, 6.45) is -3.19. The Kier molecular flexibility index (Phi) is 6.36. The standard InChI is InChI=1S/C25H25F3N6OS/c1-24(13-35)12-34(11-15-2-3-20-16(6-15)7-17(10-29)32-20)5-4-21(24)33-22-19-8-18(9-25(26,27)28)36-23(19)31-14-30-22/h2-3,6-8,14,21,32,35H,4-5,9,11-13H2,1H3,(H,30,31,33)/t21-,24+/m0/s1. The first-order valence-corrected chi connectivity index (χ1v) is 12.4. The maximum atomic E-state index is 12.9. The van der Waals surface area contributed by atoms with Gasteiger partial charge in [-0.15, -0.1) is 11.3 Å². The molecule has 1 fully saturated rings. The van der Waals surface area contributed by atoms with E-state index in [1.807, 2.05) is 25.1 Å². The lowest BCUT2D eigenvalue weighted by Gasteiger charge is -2.46. The topological polar surface area (TPSA) is 101 Å². The number of benzene rings is 1. The predicted molar refractivity (Wildman–Crippen MR) is 133 cm³/mol. The second kappa shape index (κ2) is 9.35. The number of piperidine rings is 1. The van der Waals surface area contributed by atoms with Gasteiger partial charge in [0.05, 0.1) is 18.4 Å². The second-order valence-electron chi connectivity index (χ2n) is 9.67. The minimum atomic E-state index is -4.28. The van der Waals surface area contributed by atoms with Gasteiger partial charge in [0.25, 0.3) is 0 Å². The Hall–Kier alpha value is -3.20. The molecule has 3 aromatic heterocycles. The van der Waals surface area contributed by atoms with Crippen LogP contribution in [0.25, 0.3) is 21.1 Å². The van der Waals surface area contributed by atoms with Crippen LogP contribution in [0.1, 0.15) is 29.5 Å². The van der Waals surface area contributed by atoms with Crippen LogP contribution in [0.15, 0.2) is 36.7 Å². The van der Waals surface area contributed by atoms with Gasteiger partial charge in [-0.25, -0.2) is 9.97 Å². The Morgan fingerprint density at radius 3 is 2.89 bits per heavy atom. The number of anilines is 1. The summed E-state index contributed by atoms with van der Waals surface area (Å²) in [5.74, 6) is 0.494. The largest absolute Gasteiger partial charge is 0.396 e. The van der Waals surface area contributed by atoms with Gasteiger partial charge >= 0.3 is 6.18 Å². The van der Waals surface area contributed by atoms with E-state index in [1.54, 1.807) is 0 Å². The molecule has 0 bridgehead atoms. The van der Waals surface area contributed by atoms with Crippen molar-refractivity contribution in [2.75, 3.05) is 25.0 Å². The molecule has 7 nitrogen and oxygen atoms in total. The molecule has 4 heterocycles. The summed E-state index contributed by atoms with van der Waals surface area (Å²) in [5, 5.41) is 24.4. The molecule has 188 valence electrons. The molecule has 36 heavy (non-hydrogen) atoms. The van der Waals surface area contributed by atoms with E-state index in [2.05, 4.69) is 37.3 Å². The van der Waals surface area contributed by atoms with Crippen molar-refractivity contribution in [1.82, 2.24) is 19.9 Å². The minimum absolute atomic E-state index is 0.0548. The molecule has 0 amide bonds. The van der Waals surface area contributed by atoms with Gasteiger partial charge in [-0.2, -0.15) is 18.4 Å². The lowest BCUT2D eigenvalue weighted by molar-refractivity contribution is -0.126. The van der Waals surface area contributed by atoms with E-state index in [1.165, 1.54) is 12.4 Å². The SMILES string of the molecule is C[C@]1(CO)CN(Cc2ccc3[nH]c(C#N)cc3c2)CC[C@@H]1Nc1ncnc2sc(CC(F)(F)F)cc12. The maximum absolute atomic E-state index is 12.9. The van der Waals surface area contributed by atoms with Crippen LogP contribution in [0.3, 0.4) is 0 Å². The predicted octanol–water partition coefficient (Wildman–Crippen LogP) is 4.83. The van der Waals surface area contributed by atoms with Crippen LogP contribution < -0.4 is 5.32 Å². The number of H-pyrrole nitrogens is 1. The molecule has 5 rings (SSSR count). The minimum Gasteiger partial charge on any atom is -0.396 e. The third kappa shape index (κ3) is 5.02. The fourth-order valence-electron chi connectivity index (χ4n) is 4.97. The van der Waals surface area contributed by atoms with Gasteiger partial charge in [0.2, 0.25) is 0 Å². The summed E-state index contributed by atoms with van der Waals surface area (Å²) in [4.78, 5) is 14.5. The number of aromatic amines is 1. The number of aliphatic hydroxyl groups is 1. The molecule has 1 aliphatic rings. The van der Waals surface area contributed by atoms with E-state index in [0.29, 0.717) is 34.8 Å². The number of fused-ring (bicyclic) bond motifs is 2. The fourth-order valence-corrected chi connectivity index (χ4v) is 6.00.